The highest BCUT2D eigenvalue weighted by atomic mass is 32.2. The van der Waals surface area contributed by atoms with Gasteiger partial charge in [-0.05, 0) is 42.0 Å². The summed E-state index contributed by atoms with van der Waals surface area (Å²) in [6.07, 6.45) is 1.68. The molecule has 0 aromatic heterocycles. The second-order valence-corrected chi connectivity index (χ2v) is 8.64. The maximum atomic E-state index is 12.9. The third kappa shape index (κ3) is 4.82. The topological polar surface area (TPSA) is 99.0 Å². The van der Waals surface area contributed by atoms with Crippen molar-refractivity contribution in [2.45, 2.75) is 0 Å². The van der Waals surface area contributed by atoms with E-state index in [4.69, 9.17) is 21.7 Å². The number of nitro benzene ring substituents is 1. The number of carbonyl (C=O) groups is 2. The maximum absolute atomic E-state index is 12.9. The molecule has 3 aromatic carbocycles. The van der Waals surface area contributed by atoms with Crippen LogP contribution in [0.2, 0.25) is 0 Å². The number of thioether (sulfide) groups is 1. The van der Waals surface area contributed by atoms with Crippen LogP contribution in [-0.4, -0.2) is 28.2 Å². The third-order valence-corrected chi connectivity index (χ3v) is 6.09. The zero-order valence-corrected chi connectivity index (χ0v) is 19.3. The number of non-ortho nitro benzene ring substituents is 1. The number of nitro groups is 1. The van der Waals surface area contributed by atoms with Crippen LogP contribution in [0.4, 0.5) is 11.4 Å². The number of thiocarbonyl (C=S) groups is 1. The second kappa shape index (κ2) is 9.86. The Balaban J connectivity index is 1.56. The van der Waals surface area contributed by atoms with E-state index in [1.165, 1.54) is 48.0 Å². The summed E-state index contributed by atoms with van der Waals surface area (Å²) in [5.41, 5.74) is 1.14. The third-order valence-electron chi connectivity index (χ3n) is 4.79. The Bertz CT molecular complexity index is 1340. The number of benzene rings is 3. The molecule has 0 radical (unpaired) electrons. The standard InChI is InChI=1S/C24H16N2O6S2/c1-31-20-12-15(13-21-22(27)25(24(33)34-21)17-7-3-2-4-8-17)10-11-19(20)32-23(28)16-6-5-9-18(14-16)26(29)30/h2-14H,1H3/b21-13+. The molecule has 1 aliphatic rings. The van der Waals surface area contributed by atoms with Crippen LogP contribution in [0.25, 0.3) is 6.08 Å². The van der Waals surface area contributed by atoms with Crippen molar-refractivity contribution in [2.75, 3.05) is 12.0 Å². The van der Waals surface area contributed by atoms with Crippen molar-refractivity contribution < 1.29 is 24.0 Å². The van der Waals surface area contributed by atoms with Gasteiger partial charge in [-0.3, -0.25) is 19.8 Å². The number of methoxy groups -OCH3 is 1. The molecule has 1 fully saturated rings. The molecular formula is C24H16N2O6S2. The molecule has 0 bridgehead atoms. The molecule has 170 valence electrons. The van der Waals surface area contributed by atoms with Gasteiger partial charge >= 0.3 is 5.97 Å². The number of hydrogen-bond acceptors (Lipinski definition) is 8. The van der Waals surface area contributed by atoms with Gasteiger partial charge in [0.2, 0.25) is 0 Å². The van der Waals surface area contributed by atoms with Gasteiger partial charge in [-0.25, -0.2) is 4.79 Å². The van der Waals surface area contributed by atoms with E-state index in [0.29, 0.717) is 20.5 Å². The first-order valence-electron chi connectivity index (χ1n) is 9.85. The zero-order chi connectivity index (χ0) is 24.2. The number of rotatable bonds is 6. The smallest absolute Gasteiger partial charge is 0.343 e. The fraction of sp³-hybridized carbons (Fsp3) is 0.0417. The van der Waals surface area contributed by atoms with Crippen molar-refractivity contribution in [1.29, 1.82) is 0 Å². The summed E-state index contributed by atoms with van der Waals surface area (Å²) in [5.74, 6) is -0.612. The minimum absolute atomic E-state index is 0.0323. The first-order valence-corrected chi connectivity index (χ1v) is 11.1. The largest absolute Gasteiger partial charge is 0.493 e. The zero-order valence-electron chi connectivity index (χ0n) is 17.7. The van der Waals surface area contributed by atoms with Crippen LogP contribution in [-0.2, 0) is 4.79 Å². The summed E-state index contributed by atoms with van der Waals surface area (Å²) in [6, 6.07) is 19.2. The van der Waals surface area contributed by atoms with Gasteiger partial charge in [-0.1, -0.05) is 54.3 Å². The van der Waals surface area contributed by atoms with Crippen molar-refractivity contribution in [3.05, 3.63) is 98.9 Å². The van der Waals surface area contributed by atoms with E-state index in [1.807, 2.05) is 18.2 Å². The molecule has 3 aromatic rings. The van der Waals surface area contributed by atoms with Gasteiger partial charge in [-0.2, -0.15) is 0 Å². The monoisotopic (exact) mass is 492 g/mol. The maximum Gasteiger partial charge on any atom is 0.343 e. The van der Waals surface area contributed by atoms with Crippen LogP contribution >= 0.6 is 24.0 Å². The van der Waals surface area contributed by atoms with Gasteiger partial charge in [0.05, 0.1) is 28.2 Å². The molecule has 0 N–H and O–H groups in total. The van der Waals surface area contributed by atoms with Crippen LogP contribution in [0.5, 0.6) is 11.5 Å². The molecule has 1 saturated heterocycles. The van der Waals surface area contributed by atoms with E-state index in [0.717, 1.165) is 6.07 Å². The van der Waals surface area contributed by atoms with Gasteiger partial charge in [0.1, 0.15) is 0 Å². The van der Waals surface area contributed by atoms with E-state index in [9.17, 15) is 19.7 Å². The Kier molecular flexibility index (Phi) is 6.71. The Labute approximate surface area is 203 Å². The van der Waals surface area contributed by atoms with E-state index in [2.05, 4.69) is 0 Å². The van der Waals surface area contributed by atoms with E-state index in [-0.39, 0.29) is 28.7 Å². The molecule has 8 nitrogen and oxygen atoms in total. The number of carbonyl (C=O) groups excluding carboxylic acids is 2. The van der Waals surface area contributed by atoms with Gasteiger partial charge in [0, 0.05) is 12.1 Å². The Morgan fingerprint density at radius 3 is 2.53 bits per heavy atom. The molecule has 0 aliphatic carbocycles. The van der Waals surface area contributed by atoms with Crippen molar-refractivity contribution in [1.82, 2.24) is 0 Å². The predicted molar refractivity (Wildman–Crippen MR) is 133 cm³/mol. The lowest BCUT2D eigenvalue weighted by molar-refractivity contribution is -0.384. The highest BCUT2D eigenvalue weighted by Crippen LogP contribution is 2.37. The molecule has 0 unspecified atom stereocenters. The SMILES string of the molecule is COc1cc(/C=C2/SC(=S)N(c3ccccc3)C2=O)ccc1OC(=O)c1cccc([N+](=O)[O-])c1. The highest BCUT2D eigenvalue weighted by Gasteiger charge is 2.33. The summed E-state index contributed by atoms with van der Waals surface area (Å²) in [7, 11) is 1.42. The van der Waals surface area contributed by atoms with E-state index >= 15 is 0 Å². The molecule has 10 heteroatoms. The fourth-order valence-corrected chi connectivity index (χ4v) is 4.48. The number of esters is 1. The number of para-hydroxylation sites is 1. The quantitative estimate of drug-likeness (QED) is 0.115. The number of nitrogens with zero attached hydrogens (tertiary/aromatic N) is 2. The van der Waals surface area contributed by atoms with Crippen LogP contribution in [0, 0.1) is 10.1 Å². The average Bonchev–Trinajstić information content (AvgIpc) is 3.12. The van der Waals surface area contributed by atoms with Crippen molar-refractivity contribution in [2.24, 2.45) is 0 Å². The minimum Gasteiger partial charge on any atom is -0.493 e. The molecule has 34 heavy (non-hydrogen) atoms. The highest BCUT2D eigenvalue weighted by molar-refractivity contribution is 8.27. The molecule has 1 amide bonds. The Morgan fingerprint density at radius 2 is 1.82 bits per heavy atom. The van der Waals surface area contributed by atoms with Crippen molar-refractivity contribution in [3.8, 4) is 11.5 Å². The van der Waals surface area contributed by atoms with Gasteiger partial charge in [-0.15, -0.1) is 0 Å². The predicted octanol–water partition coefficient (Wildman–Crippen LogP) is 5.23. The number of ether oxygens (including phenoxy) is 2. The number of hydrogen-bond donors (Lipinski definition) is 0. The fourth-order valence-electron chi connectivity index (χ4n) is 3.18. The lowest BCUT2D eigenvalue weighted by Crippen LogP contribution is -2.27. The average molecular weight is 493 g/mol. The molecule has 0 spiro atoms. The lowest BCUT2D eigenvalue weighted by Gasteiger charge is -2.13. The Hall–Kier alpha value is -4.02. The molecular weight excluding hydrogens is 476 g/mol. The van der Waals surface area contributed by atoms with Gasteiger partial charge in [0.15, 0.2) is 15.8 Å². The van der Waals surface area contributed by atoms with Gasteiger partial charge in [0.25, 0.3) is 11.6 Å². The molecule has 0 atom stereocenters. The lowest BCUT2D eigenvalue weighted by atomic mass is 10.1. The molecule has 1 aliphatic heterocycles. The van der Waals surface area contributed by atoms with Crippen LogP contribution in [0.1, 0.15) is 15.9 Å². The van der Waals surface area contributed by atoms with E-state index < -0.39 is 10.9 Å². The van der Waals surface area contributed by atoms with Crippen molar-refractivity contribution >= 4 is 57.6 Å². The first kappa shape index (κ1) is 23.1. The normalized spacial score (nSPS) is 14.4. The van der Waals surface area contributed by atoms with Crippen LogP contribution < -0.4 is 14.4 Å². The first-order chi connectivity index (χ1) is 16.4. The molecule has 4 rings (SSSR count). The summed E-state index contributed by atoms with van der Waals surface area (Å²) in [4.78, 5) is 37.7. The summed E-state index contributed by atoms with van der Waals surface area (Å²) in [5, 5.41) is 10.9. The summed E-state index contributed by atoms with van der Waals surface area (Å²) in [6.45, 7) is 0. The number of anilines is 1. The summed E-state index contributed by atoms with van der Waals surface area (Å²) < 4.78 is 11.2. The second-order valence-electron chi connectivity index (χ2n) is 6.96. The summed E-state index contributed by atoms with van der Waals surface area (Å²) >= 11 is 6.57. The molecule has 0 saturated carbocycles. The van der Waals surface area contributed by atoms with E-state index in [1.54, 1.807) is 30.3 Å². The van der Waals surface area contributed by atoms with Gasteiger partial charge < -0.3 is 9.47 Å². The number of amides is 1. The molecule has 1 heterocycles. The minimum atomic E-state index is -0.765. The Morgan fingerprint density at radius 1 is 1.06 bits per heavy atom. The van der Waals surface area contributed by atoms with Crippen LogP contribution in [0.15, 0.2) is 77.7 Å². The van der Waals surface area contributed by atoms with Crippen LogP contribution in [0.3, 0.4) is 0 Å². The van der Waals surface area contributed by atoms with Crippen molar-refractivity contribution in [3.63, 3.8) is 0 Å².